The minimum Gasteiger partial charge on any atom is -0.357 e. The Morgan fingerprint density at radius 3 is 2.64 bits per heavy atom. The van der Waals surface area contributed by atoms with Gasteiger partial charge in [0, 0.05) is 18.8 Å². The third kappa shape index (κ3) is 4.17. The van der Waals surface area contributed by atoms with E-state index in [1.807, 2.05) is 4.90 Å². The molecule has 138 valence electrons. The van der Waals surface area contributed by atoms with Gasteiger partial charge < -0.3 is 15.5 Å². The normalized spacial score (nSPS) is 23.0. The van der Waals surface area contributed by atoms with Gasteiger partial charge in [-0.05, 0) is 44.8 Å². The number of alkyl halides is 3. The van der Waals surface area contributed by atoms with Crippen LogP contribution < -0.4 is 10.6 Å². The van der Waals surface area contributed by atoms with Gasteiger partial charge in [-0.1, -0.05) is 11.6 Å². The lowest BCUT2D eigenvalue weighted by molar-refractivity contribution is -0.138. The predicted molar refractivity (Wildman–Crippen MR) is 88.5 cm³/mol. The fraction of sp³-hybridized carbons (Fsp3) is 0.625. The standard InChI is InChI=1S/C16H20ClF3N4O/c17-12-8-10(16(18,19)20)9-22-14(12)23-13-2-1-7-24(15(13)25)11-3-5-21-6-4-11/h8-9,11,13,21H,1-7H2,(H,22,23). The van der Waals surface area contributed by atoms with Crippen molar-refractivity contribution < 1.29 is 18.0 Å². The molecule has 0 radical (unpaired) electrons. The second-order valence-corrected chi connectivity index (χ2v) is 6.81. The molecule has 0 spiro atoms. The van der Waals surface area contributed by atoms with Gasteiger partial charge in [-0.2, -0.15) is 13.2 Å². The number of nitrogens with one attached hydrogen (secondary N) is 2. The molecule has 0 aromatic carbocycles. The van der Waals surface area contributed by atoms with E-state index in [1.165, 1.54) is 0 Å². The average molecular weight is 377 g/mol. The summed E-state index contributed by atoms with van der Waals surface area (Å²) in [5.74, 6) is 0.0797. The SMILES string of the molecule is O=C1C(Nc2ncc(C(F)(F)F)cc2Cl)CCCN1C1CCNCC1. The van der Waals surface area contributed by atoms with Crippen molar-refractivity contribution in [2.75, 3.05) is 25.0 Å². The second kappa shape index (κ2) is 7.37. The van der Waals surface area contributed by atoms with Crippen LogP contribution in [0.4, 0.5) is 19.0 Å². The van der Waals surface area contributed by atoms with E-state index in [4.69, 9.17) is 11.6 Å². The van der Waals surface area contributed by atoms with Gasteiger partial charge in [-0.3, -0.25) is 4.79 Å². The molecule has 3 heterocycles. The number of carbonyl (C=O) groups is 1. The Balaban J connectivity index is 1.70. The molecule has 9 heteroatoms. The Morgan fingerprint density at radius 1 is 1.28 bits per heavy atom. The van der Waals surface area contributed by atoms with Crippen molar-refractivity contribution in [2.45, 2.75) is 43.9 Å². The van der Waals surface area contributed by atoms with E-state index in [0.717, 1.165) is 51.2 Å². The van der Waals surface area contributed by atoms with Crippen LogP contribution in [0.2, 0.25) is 5.02 Å². The fourth-order valence-corrected chi connectivity index (χ4v) is 3.60. The molecular formula is C16H20ClF3N4O. The van der Waals surface area contributed by atoms with Crippen LogP contribution in [-0.4, -0.2) is 47.5 Å². The zero-order valence-corrected chi connectivity index (χ0v) is 14.3. The number of likely N-dealkylation sites (tertiary alicyclic amines) is 1. The molecule has 2 fully saturated rings. The third-order valence-corrected chi connectivity index (χ3v) is 4.99. The van der Waals surface area contributed by atoms with Crippen LogP contribution in [0, 0.1) is 0 Å². The van der Waals surface area contributed by atoms with Crippen molar-refractivity contribution in [1.82, 2.24) is 15.2 Å². The summed E-state index contributed by atoms with van der Waals surface area (Å²) in [7, 11) is 0. The number of halogens is 4. The van der Waals surface area contributed by atoms with E-state index >= 15 is 0 Å². The van der Waals surface area contributed by atoms with E-state index < -0.39 is 17.8 Å². The van der Waals surface area contributed by atoms with Crippen LogP contribution in [-0.2, 0) is 11.0 Å². The van der Waals surface area contributed by atoms with Gasteiger partial charge >= 0.3 is 6.18 Å². The lowest BCUT2D eigenvalue weighted by Crippen LogP contribution is -2.54. The Bertz CT molecular complexity index is 634. The highest BCUT2D eigenvalue weighted by Crippen LogP contribution is 2.33. The fourth-order valence-electron chi connectivity index (χ4n) is 3.38. The summed E-state index contributed by atoms with van der Waals surface area (Å²) in [5, 5.41) is 6.06. The monoisotopic (exact) mass is 376 g/mol. The number of pyridine rings is 1. The quantitative estimate of drug-likeness (QED) is 0.851. The average Bonchev–Trinajstić information content (AvgIpc) is 2.58. The minimum absolute atomic E-state index is 0.0316. The topological polar surface area (TPSA) is 57.3 Å². The van der Waals surface area contributed by atoms with Gasteiger partial charge in [-0.15, -0.1) is 0 Å². The van der Waals surface area contributed by atoms with Crippen LogP contribution in [0.3, 0.4) is 0 Å². The maximum absolute atomic E-state index is 12.8. The van der Waals surface area contributed by atoms with E-state index in [-0.39, 0.29) is 22.8 Å². The summed E-state index contributed by atoms with van der Waals surface area (Å²) >= 11 is 5.93. The first-order valence-corrected chi connectivity index (χ1v) is 8.74. The van der Waals surface area contributed by atoms with Crippen LogP contribution in [0.15, 0.2) is 12.3 Å². The predicted octanol–water partition coefficient (Wildman–Crippen LogP) is 2.91. The Hall–Kier alpha value is -1.54. The maximum Gasteiger partial charge on any atom is 0.417 e. The highest BCUT2D eigenvalue weighted by Gasteiger charge is 2.35. The van der Waals surface area contributed by atoms with Crippen LogP contribution >= 0.6 is 11.6 Å². The number of hydrogen-bond acceptors (Lipinski definition) is 4. The number of piperidine rings is 2. The molecule has 2 N–H and O–H groups in total. The summed E-state index contributed by atoms with van der Waals surface area (Å²) in [6.45, 7) is 2.49. The lowest BCUT2D eigenvalue weighted by Gasteiger charge is -2.40. The van der Waals surface area contributed by atoms with Gasteiger partial charge in [0.1, 0.15) is 11.9 Å². The first-order chi connectivity index (χ1) is 11.9. The Morgan fingerprint density at radius 2 is 2.00 bits per heavy atom. The lowest BCUT2D eigenvalue weighted by atomic mass is 9.98. The number of carbonyl (C=O) groups excluding carboxylic acids is 1. The second-order valence-electron chi connectivity index (χ2n) is 6.40. The molecule has 2 aliphatic rings. The third-order valence-electron chi connectivity index (χ3n) is 4.70. The van der Waals surface area contributed by atoms with E-state index in [9.17, 15) is 18.0 Å². The van der Waals surface area contributed by atoms with Crippen molar-refractivity contribution in [3.63, 3.8) is 0 Å². The summed E-state index contributed by atoms with van der Waals surface area (Å²) in [5.41, 5.74) is -0.908. The Kier molecular flexibility index (Phi) is 5.38. The molecular weight excluding hydrogens is 357 g/mol. The van der Waals surface area contributed by atoms with Gasteiger partial charge in [0.25, 0.3) is 0 Å². The van der Waals surface area contributed by atoms with Crippen LogP contribution in [0.1, 0.15) is 31.2 Å². The highest BCUT2D eigenvalue weighted by molar-refractivity contribution is 6.33. The van der Waals surface area contributed by atoms with Crippen molar-refractivity contribution in [3.05, 3.63) is 22.8 Å². The molecule has 5 nitrogen and oxygen atoms in total. The molecule has 1 aromatic rings. The van der Waals surface area contributed by atoms with Crippen molar-refractivity contribution in [3.8, 4) is 0 Å². The van der Waals surface area contributed by atoms with E-state index in [0.29, 0.717) is 6.42 Å². The molecule has 2 saturated heterocycles. The van der Waals surface area contributed by atoms with E-state index in [2.05, 4.69) is 15.6 Å². The smallest absolute Gasteiger partial charge is 0.357 e. The molecule has 1 unspecified atom stereocenters. The number of hydrogen-bond donors (Lipinski definition) is 2. The summed E-state index contributed by atoms with van der Waals surface area (Å²) < 4.78 is 38.1. The number of nitrogens with zero attached hydrogens (tertiary/aromatic N) is 2. The number of aromatic nitrogens is 1. The van der Waals surface area contributed by atoms with Gasteiger partial charge in [0.05, 0.1) is 10.6 Å². The molecule has 25 heavy (non-hydrogen) atoms. The first-order valence-electron chi connectivity index (χ1n) is 8.37. The van der Waals surface area contributed by atoms with Gasteiger partial charge in [0.15, 0.2) is 0 Å². The van der Waals surface area contributed by atoms with Gasteiger partial charge in [0.2, 0.25) is 5.91 Å². The molecule has 0 bridgehead atoms. The van der Waals surface area contributed by atoms with E-state index in [1.54, 1.807) is 0 Å². The molecule has 2 aliphatic heterocycles. The van der Waals surface area contributed by atoms with Crippen molar-refractivity contribution in [1.29, 1.82) is 0 Å². The summed E-state index contributed by atoms with van der Waals surface area (Å²) in [6.07, 6.45) is -0.492. The van der Waals surface area contributed by atoms with Crippen molar-refractivity contribution >= 4 is 23.3 Å². The van der Waals surface area contributed by atoms with Gasteiger partial charge in [-0.25, -0.2) is 4.98 Å². The maximum atomic E-state index is 12.8. The highest BCUT2D eigenvalue weighted by atomic mass is 35.5. The molecule has 1 amide bonds. The molecule has 1 aromatic heterocycles. The summed E-state index contributed by atoms with van der Waals surface area (Å²) in [6, 6.07) is 0.536. The first kappa shape index (κ1) is 18.3. The van der Waals surface area contributed by atoms with Crippen molar-refractivity contribution in [2.24, 2.45) is 0 Å². The molecule has 0 aliphatic carbocycles. The zero-order valence-electron chi connectivity index (χ0n) is 13.6. The summed E-state index contributed by atoms with van der Waals surface area (Å²) in [4.78, 5) is 18.4. The number of anilines is 1. The number of amides is 1. The zero-order chi connectivity index (χ0) is 18.0. The molecule has 1 atom stereocenters. The molecule has 0 saturated carbocycles. The minimum atomic E-state index is -4.50. The van der Waals surface area contributed by atoms with Crippen LogP contribution in [0.25, 0.3) is 0 Å². The number of rotatable bonds is 3. The largest absolute Gasteiger partial charge is 0.417 e. The molecule has 3 rings (SSSR count). The Labute approximate surface area is 148 Å². The van der Waals surface area contributed by atoms with Crippen LogP contribution in [0.5, 0.6) is 0 Å².